The molecule has 2 N–H and O–H groups in total. The zero-order valence-corrected chi connectivity index (χ0v) is 12.1. The van der Waals surface area contributed by atoms with Gasteiger partial charge >= 0.3 is 0 Å². The van der Waals surface area contributed by atoms with Gasteiger partial charge in [0, 0.05) is 31.2 Å². The summed E-state index contributed by atoms with van der Waals surface area (Å²) in [6.45, 7) is 8.64. The number of nitrogens with one attached hydrogen (secondary N) is 1. The molecule has 3 nitrogen and oxygen atoms in total. The molecule has 3 heteroatoms. The Morgan fingerprint density at radius 3 is 2.79 bits per heavy atom. The molecule has 1 heterocycles. The monoisotopic (exact) mass is 262 g/mol. The molecule has 0 aliphatic carbocycles. The van der Waals surface area contributed by atoms with E-state index in [1.54, 1.807) is 6.07 Å². The molecule has 0 amide bonds. The summed E-state index contributed by atoms with van der Waals surface area (Å²) in [5.41, 5.74) is 1.03. The third-order valence-electron chi connectivity index (χ3n) is 3.65. The highest BCUT2D eigenvalue weighted by molar-refractivity contribution is 5.31. The van der Waals surface area contributed by atoms with Crippen LogP contribution in [-0.4, -0.2) is 35.7 Å². The summed E-state index contributed by atoms with van der Waals surface area (Å²) in [7, 11) is 0. The molecule has 0 radical (unpaired) electrons. The van der Waals surface area contributed by atoms with Gasteiger partial charge in [-0.05, 0) is 31.4 Å². The number of hydrogen-bond acceptors (Lipinski definition) is 3. The van der Waals surface area contributed by atoms with E-state index < -0.39 is 0 Å². The Bertz CT molecular complexity index is 386. The number of phenolic OH excluding ortho intramolecular Hbond substituents is 1. The third-order valence-corrected chi connectivity index (χ3v) is 3.65. The van der Waals surface area contributed by atoms with Gasteiger partial charge in [0.1, 0.15) is 5.75 Å². The van der Waals surface area contributed by atoms with Crippen LogP contribution < -0.4 is 5.32 Å². The normalized spacial score (nSPS) is 19.5. The summed E-state index contributed by atoms with van der Waals surface area (Å²) < 4.78 is 0. The Morgan fingerprint density at radius 1 is 1.37 bits per heavy atom. The summed E-state index contributed by atoms with van der Waals surface area (Å²) in [4.78, 5) is 2.46. The van der Waals surface area contributed by atoms with Gasteiger partial charge < -0.3 is 10.4 Å². The smallest absolute Gasteiger partial charge is 0.120 e. The number of benzene rings is 1. The highest BCUT2D eigenvalue weighted by Gasteiger charge is 2.19. The first-order valence-electron chi connectivity index (χ1n) is 7.37. The number of nitrogens with zero attached hydrogens (tertiary/aromatic N) is 1. The molecule has 1 saturated heterocycles. The zero-order chi connectivity index (χ0) is 13.7. The maximum atomic E-state index is 9.91. The number of hydrogen-bond donors (Lipinski definition) is 2. The first-order chi connectivity index (χ1) is 9.15. The van der Waals surface area contributed by atoms with Gasteiger partial charge in [0.25, 0.3) is 0 Å². The highest BCUT2D eigenvalue weighted by Crippen LogP contribution is 2.19. The molecular weight excluding hydrogens is 236 g/mol. The molecule has 106 valence electrons. The van der Waals surface area contributed by atoms with Crippen LogP contribution in [0.3, 0.4) is 0 Å². The van der Waals surface area contributed by atoms with Crippen molar-refractivity contribution in [3.05, 3.63) is 29.8 Å². The lowest BCUT2D eigenvalue weighted by Gasteiger charge is -2.27. The Morgan fingerprint density at radius 2 is 2.16 bits per heavy atom. The van der Waals surface area contributed by atoms with Crippen LogP contribution in [0.1, 0.15) is 32.3 Å². The van der Waals surface area contributed by atoms with Gasteiger partial charge in [-0.25, -0.2) is 0 Å². The SMILES string of the molecule is CC(C)CN(Cc1ccccc1O)CC1CCCN1. The van der Waals surface area contributed by atoms with Crippen molar-refractivity contribution in [1.82, 2.24) is 10.2 Å². The van der Waals surface area contributed by atoms with Gasteiger partial charge in [0.2, 0.25) is 0 Å². The average molecular weight is 262 g/mol. The Hall–Kier alpha value is -1.06. The average Bonchev–Trinajstić information content (AvgIpc) is 2.84. The molecule has 2 rings (SSSR count). The fourth-order valence-electron chi connectivity index (χ4n) is 2.83. The van der Waals surface area contributed by atoms with Crippen molar-refractivity contribution >= 4 is 0 Å². The van der Waals surface area contributed by atoms with Crippen molar-refractivity contribution in [1.29, 1.82) is 0 Å². The van der Waals surface area contributed by atoms with Crippen molar-refractivity contribution in [2.75, 3.05) is 19.6 Å². The van der Waals surface area contributed by atoms with Crippen molar-refractivity contribution in [2.24, 2.45) is 5.92 Å². The van der Waals surface area contributed by atoms with Gasteiger partial charge in [-0.2, -0.15) is 0 Å². The quantitative estimate of drug-likeness (QED) is 0.827. The Labute approximate surface area is 116 Å². The van der Waals surface area contributed by atoms with Gasteiger partial charge in [-0.1, -0.05) is 32.0 Å². The van der Waals surface area contributed by atoms with Gasteiger partial charge in [0.15, 0.2) is 0 Å². The summed E-state index contributed by atoms with van der Waals surface area (Å²) in [5.74, 6) is 1.06. The van der Waals surface area contributed by atoms with Crippen LogP contribution in [0, 0.1) is 5.92 Å². The zero-order valence-electron chi connectivity index (χ0n) is 12.1. The van der Waals surface area contributed by atoms with Crippen LogP contribution in [-0.2, 0) is 6.54 Å². The molecule has 1 unspecified atom stereocenters. The predicted octanol–water partition coefficient (Wildman–Crippen LogP) is 2.60. The van der Waals surface area contributed by atoms with Crippen molar-refractivity contribution < 1.29 is 5.11 Å². The van der Waals surface area contributed by atoms with Gasteiger partial charge in [-0.3, -0.25) is 4.90 Å². The number of rotatable bonds is 6. The second-order valence-electron chi connectivity index (χ2n) is 6.01. The molecule has 1 fully saturated rings. The molecule has 1 atom stereocenters. The fourth-order valence-corrected chi connectivity index (χ4v) is 2.83. The van der Waals surface area contributed by atoms with E-state index in [2.05, 4.69) is 24.1 Å². The molecule has 1 aromatic carbocycles. The molecule has 1 aromatic rings. The first-order valence-corrected chi connectivity index (χ1v) is 7.37. The van der Waals surface area contributed by atoms with Gasteiger partial charge in [-0.15, -0.1) is 0 Å². The summed E-state index contributed by atoms with van der Waals surface area (Å²) in [6, 6.07) is 8.28. The Kier molecular flexibility index (Phi) is 5.23. The van der Waals surface area contributed by atoms with E-state index in [0.717, 1.165) is 31.7 Å². The first kappa shape index (κ1) is 14.4. The lowest BCUT2D eigenvalue weighted by Crippen LogP contribution is -2.38. The highest BCUT2D eigenvalue weighted by atomic mass is 16.3. The molecule has 0 aromatic heterocycles. The lowest BCUT2D eigenvalue weighted by atomic mass is 10.1. The van der Waals surface area contributed by atoms with E-state index in [1.807, 2.05) is 18.2 Å². The van der Waals surface area contributed by atoms with Crippen LogP contribution in [0.5, 0.6) is 5.75 Å². The Balaban J connectivity index is 1.98. The molecule has 1 aliphatic heterocycles. The summed E-state index contributed by atoms with van der Waals surface area (Å²) in [5, 5.41) is 13.5. The van der Waals surface area contributed by atoms with E-state index in [9.17, 15) is 5.11 Å². The number of phenols is 1. The van der Waals surface area contributed by atoms with Crippen LogP contribution in [0.2, 0.25) is 0 Å². The largest absolute Gasteiger partial charge is 0.508 e. The topological polar surface area (TPSA) is 35.5 Å². The number of aromatic hydroxyl groups is 1. The van der Waals surface area contributed by atoms with Crippen LogP contribution in [0.4, 0.5) is 0 Å². The van der Waals surface area contributed by atoms with E-state index >= 15 is 0 Å². The van der Waals surface area contributed by atoms with Crippen molar-refractivity contribution in [3.8, 4) is 5.75 Å². The van der Waals surface area contributed by atoms with Crippen LogP contribution >= 0.6 is 0 Å². The van der Waals surface area contributed by atoms with Gasteiger partial charge in [0.05, 0.1) is 0 Å². The van der Waals surface area contributed by atoms with E-state index in [0.29, 0.717) is 17.7 Å². The maximum absolute atomic E-state index is 9.91. The minimum atomic E-state index is 0.413. The summed E-state index contributed by atoms with van der Waals surface area (Å²) >= 11 is 0. The second-order valence-corrected chi connectivity index (χ2v) is 6.01. The second kappa shape index (κ2) is 6.92. The van der Waals surface area contributed by atoms with Crippen molar-refractivity contribution in [3.63, 3.8) is 0 Å². The maximum Gasteiger partial charge on any atom is 0.120 e. The minimum Gasteiger partial charge on any atom is -0.508 e. The lowest BCUT2D eigenvalue weighted by molar-refractivity contribution is 0.214. The minimum absolute atomic E-state index is 0.413. The third kappa shape index (κ3) is 4.51. The summed E-state index contributed by atoms with van der Waals surface area (Å²) in [6.07, 6.45) is 2.56. The molecule has 0 saturated carbocycles. The van der Waals surface area contributed by atoms with E-state index in [1.165, 1.54) is 12.8 Å². The molecule has 0 spiro atoms. The standard InChI is InChI=1S/C16H26N2O/c1-13(2)10-18(12-15-7-5-9-17-15)11-14-6-3-4-8-16(14)19/h3-4,6,8,13,15,17,19H,5,7,9-12H2,1-2H3. The fraction of sp³-hybridized carbons (Fsp3) is 0.625. The van der Waals surface area contributed by atoms with E-state index in [4.69, 9.17) is 0 Å². The van der Waals surface area contributed by atoms with Crippen LogP contribution in [0.15, 0.2) is 24.3 Å². The van der Waals surface area contributed by atoms with Crippen LogP contribution in [0.25, 0.3) is 0 Å². The molecular formula is C16H26N2O. The predicted molar refractivity (Wildman–Crippen MR) is 79.2 cm³/mol. The molecule has 1 aliphatic rings. The number of para-hydroxylation sites is 1. The molecule has 19 heavy (non-hydrogen) atoms. The van der Waals surface area contributed by atoms with Crippen molar-refractivity contribution in [2.45, 2.75) is 39.3 Å². The van der Waals surface area contributed by atoms with E-state index in [-0.39, 0.29) is 0 Å². The molecule has 0 bridgehead atoms.